The molecule has 8 heteroatoms. The molecule has 1 saturated heterocycles. The monoisotopic (exact) mass is 311 g/mol. The second kappa shape index (κ2) is 5.40. The molecule has 1 aromatic heterocycles. The van der Waals surface area contributed by atoms with Gasteiger partial charge in [0.05, 0.1) is 17.5 Å². The van der Waals surface area contributed by atoms with Crippen molar-refractivity contribution >= 4 is 10.0 Å². The number of hydrogen-bond acceptors (Lipinski definition) is 5. The van der Waals surface area contributed by atoms with Gasteiger partial charge in [-0.2, -0.15) is 14.7 Å². The van der Waals surface area contributed by atoms with Crippen molar-refractivity contribution in [3.63, 3.8) is 0 Å². The minimum atomic E-state index is -3.53. The molecule has 0 atom stereocenters. The minimum absolute atomic E-state index is 0.274. The Morgan fingerprint density at radius 2 is 1.81 bits per heavy atom. The van der Waals surface area contributed by atoms with Crippen LogP contribution in [0.1, 0.15) is 25.2 Å². The van der Waals surface area contributed by atoms with Gasteiger partial charge in [-0.15, -0.1) is 0 Å². The van der Waals surface area contributed by atoms with E-state index in [2.05, 4.69) is 16.3 Å². The Balaban J connectivity index is 2.18. The van der Waals surface area contributed by atoms with Crippen LogP contribution in [0.5, 0.6) is 0 Å². The van der Waals surface area contributed by atoms with E-state index in [1.165, 1.54) is 4.31 Å². The van der Waals surface area contributed by atoms with E-state index < -0.39 is 15.6 Å². The molecule has 7 nitrogen and oxygen atoms in total. The van der Waals surface area contributed by atoms with Crippen molar-refractivity contribution in [2.24, 2.45) is 0 Å². The Hall–Kier alpha value is -1.43. The van der Waals surface area contributed by atoms with Crippen LogP contribution in [0.3, 0.4) is 0 Å². The first kappa shape index (κ1) is 15.9. The van der Waals surface area contributed by atoms with Crippen LogP contribution in [0.2, 0.25) is 0 Å². The van der Waals surface area contributed by atoms with Crippen LogP contribution in [-0.2, 0) is 10.0 Å². The van der Waals surface area contributed by atoms with Gasteiger partial charge in [-0.25, -0.2) is 8.42 Å². The van der Waals surface area contributed by atoms with Gasteiger partial charge in [0.15, 0.2) is 0 Å². The van der Waals surface area contributed by atoms with Gasteiger partial charge in [-0.1, -0.05) is 0 Å². The van der Waals surface area contributed by atoms with Crippen molar-refractivity contribution in [3.8, 4) is 6.07 Å². The van der Waals surface area contributed by atoms with Gasteiger partial charge in [0.2, 0.25) is 10.0 Å². The third-order valence-electron chi connectivity index (χ3n) is 3.96. The molecule has 0 saturated carbocycles. The van der Waals surface area contributed by atoms with Crippen LogP contribution in [0.15, 0.2) is 4.90 Å². The number of aromatic amines is 1. The summed E-state index contributed by atoms with van der Waals surface area (Å²) in [5.74, 6) is 0. The fourth-order valence-electron chi connectivity index (χ4n) is 2.61. The second-order valence-electron chi connectivity index (χ2n) is 5.83. The molecule has 0 bridgehead atoms. The van der Waals surface area contributed by atoms with Gasteiger partial charge < -0.3 is 0 Å². The van der Waals surface area contributed by atoms with Crippen LogP contribution >= 0.6 is 0 Å². The molecule has 0 amide bonds. The lowest BCUT2D eigenvalue weighted by atomic mass is 10.0. The number of hydrogen-bond donors (Lipinski definition) is 1. The molecule has 1 aromatic rings. The molecular weight excluding hydrogens is 290 g/mol. The van der Waals surface area contributed by atoms with Gasteiger partial charge in [-0.05, 0) is 27.7 Å². The van der Waals surface area contributed by atoms with Crippen molar-refractivity contribution in [2.45, 2.75) is 38.1 Å². The number of rotatable bonds is 3. The van der Waals surface area contributed by atoms with E-state index in [1.54, 1.807) is 13.8 Å². The van der Waals surface area contributed by atoms with Crippen LogP contribution in [0.25, 0.3) is 0 Å². The number of H-pyrrole nitrogens is 1. The molecule has 1 fully saturated rings. The van der Waals surface area contributed by atoms with E-state index in [0.717, 1.165) is 0 Å². The summed E-state index contributed by atoms with van der Waals surface area (Å²) in [5.41, 5.74) is 0.483. The first-order chi connectivity index (χ1) is 9.70. The Labute approximate surface area is 125 Å². The van der Waals surface area contributed by atoms with Crippen LogP contribution in [0.4, 0.5) is 0 Å². The largest absolute Gasteiger partial charge is 0.283 e. The highest BCUT2D eigenvalue weighted by molar-refractivity contribution is 7.89. The molecule has 1 aliphatic rings. The van der Waals surface area contributed by atoms with Crippen LogP contribution in [-0.4, -0.2) is 59.5 Å². The lowest BCUT2D eigenvalue weighted by Crippen LogP contribution is -2.55. The predicted octanol–water partition coefficient (Wildman–Crippen LogP) is 0.635. The van der Waals surface area contributed by atoms with E-state index in [9.17, 15) is 8.42 Å². The zero-order valence-corrected chi connectivity index (χ0v) is 13.7. The Morgan fingerprint density at radius 3 is 2.24 bits per heavy atom. The van der Waals surface area contributed by atoms with Crippen molar-refractivity contribution < 1.29 is 8.42 Å². The maximum Gasteiger partial charge on any atom is 0.246 e. The third-order valence-corrected chi connectivity index (χ3v) is 6.12. The molecule has 2 rings (SSSR count). The van der Waals surface area contributed by atoms with Crippen molar-refractivity contribution in [2.75, 3.05) is 26.2 Å². The minimum Gasteiger partial charge on any atom is -0.283 e. The summed E-state index contributed by atoms with van der Waals surface area (Å²) in [6, 6.07) is 2.25. The number of nitrogens with zero attached hydrogens (tertiary/aromatic N) is 4. The first-order valence-corrected chi connectivity index (χ1v) is 8.32. The van der Waals surface area contributed by atoms with Crippen LogP contribution in [0, 0.1) is 25.2 Å². The van der Waals surface area contributed by atoms with Gasteiger partial charge in [0.1, 0.15) is 10.4 Å². The van der Waals surface area contributed by atoms with Gasteiger partial charge in [0.25, 0.3) is 0 Å². The number of nitrogens with one attached hydrogen (secondary N) is 1. The molecule has 116 valence electrons. The summed E-state index contributed by atoms with van der Waals surface area (Å²) in [5, 5.41) is 15.8. The molecule has 1 aliphatic heterocycles. The second-order valence-corrected chi connectivity index (χ2v) is 7.70. The number of piperazine rings is 1. The zero-order valence-electron chi connectivity index (χ0n) is 12.8. The van der Waals surface area contributed by atoms with Gasteiger partial charge in [0, 0.05) is 26.2 Å². The molecule has 2 heterocycles. The van der Waals surface area contributed by atoms with Crippen molar-refractivity contribution in [1.29, 1.82) is 5.26 Å². The summed E-state index contributed by atoms with van der Waals surface area (Å²) in [6.45, 7) is 8.97. The average molecular weight is 311 g/mol. The number of sulfonamides is 1. The number of nitriles is 1. The number of aromatic nitrogens is 2. The molecule has 0 aliphatic carbocycles. The van der Waals surface area contributed by atoms with Crippen molar-refractivity contribution in [3.05, 3.63) is 11.4 Å². The summed E-state index contributed by atoms with van der Waals surface area (Å²) >= 11 is 0. The highest BCUT2D eigenvalue weighted by Gasteiger charge is 2.36. The Morgan fingerprint density at radius 1 is 1.24 bits per heavy atom. The van der Waals surface area contributed by atoms with Gasteiger partial charge in [-0.3, -0.25) is 10.00 Å². The molecule has 0 unspecified atom stereocenters. The maximum absolute atomic E-state index is 12.7. The standard InChI is InChI=1S/C13H21N5O2S/c1-10-12(11(2)16-15-10)21(19,20)18-7-5-17(6-8-18)13(3,4)9-14/h5-8H2,1-4H3,(H,15,16). The summed E-state index contributed by atoms with van der Waals surface area (Å²) in [6.07, 6.45) is 0. The van der Waals surface area contributed by atoms with E-state index in [4.69, 9.17) is 5.26 Å². The average Bonchev–Trinajstić information content (AvgIpc) is 2.79. The fraction of sp³-hybridized carbons (Fsp3) is 0.692. The maximum atomic E-state index is 12.7. The van der Waals surface area contributed by atoms with Crippen LogP contribution < -0.4 is 0 Å². The molecule has 0 aromatic carbocycles. The summed E-state index contributed by atoms with van der Waals surface area (Å²) < 4.78 is 26.9. The molecule has 0 spiro atoms. The molecular formula is C13H21N5O2S. The van der Waals surface area contributed by atoms with E-state index in [-0.39, 0.29) is 4.90 Å². The third kappa shape index (κ3) is 2.81. The van der Waals surface area contributed by atoms with E-state index >= 15 is 0 Å². The topological polar surface area (TPSA) is 93.1 Å². The molecule has 0 radical (unpaired) electrons. The van der Waals surface area contributed by atoms with Gasteiger partial charge >= 0.3 is 0 Å². The smallest absolute Gasteiger partial charge is 0.246 e. The SMILES string of the molecule is Cc1n[nH]c(C)c1S(=O)(=O)N1CCN(C(C)(C)C#N)CC1. The van der Waals surface area contributed by atoms with Crippen molar-refractivity contribution in [1.82, 2.24) is 19.4 Å². The molecule has 21 heavy (non-hydrogen) atoms. The fourth-order valence-corrected chi connectivity index (χ4v) is 4.36. The highest BCUT2D eigenvalue weighted by Crippen LogP contribution is 2.24. The lowest BCUT2D eigenvalue weighted by Gasteiger charge is -2.39. The number of aryl methyl sites for hydroxylation is 2. The first-order valence-electron chi connectivity index (χ1n) is 6.88. The Kier molecular flexibility index (Phi) is 4.10. The quantitative estimate of drug-likeness (QED) is 0.884. The molecule has 1 N–H and O–H groups in total. The van der Waals surface area contributed by atoms with E-state index in [1.807, 2.05) is 18.7 Å². The summed E-state index contributed by atoms with van der Waals surface area (Å²) in [7, 11) is -3.53. The summed E-state index contributed by atoms with van der Waals surface area (Å²) in [4.78, 5) is 2.28. The lowest BCUT2D eigenvalue weighted by molar-refractivity contribution is 0.115. The highest BCUT2D eigenvalue weighted by atomic mass is 32.2. The normalized spacial score (nSPS) is 18.6. The Bertz CT molecular complexity index is 644. The predicted molar refractivity (Wildman–Crippen MR) is 78.1 cm³/mol. The van der Waals surface area contributed by atoms with E-state index in [0.29, 0.717) is 37.6 Å². The zero-order chi connectivity index (χ0) is 15.8.